The van der Waals surface area contributed by atoms with Gasteiger partial charge in [-0.3, -0.25) is 10.3 Å². The van der Waals surface area contributed by atoms with E-state index >= 15 is 0 Å². The number of hydrogen-bond acceptors (Lipinski definition) is 4. The van der Waals surface area contributed by atoms with E-state index in [-0.39, 0.29) is 19.0 Å². The van der Waals surface area contributed by atoms with E-state index in [1.807, 2.05) is 0 Å². The molecule has 0 aliphatic rings. The third-order valence-electron chi connectivity index (χ3n) is 2.59. The van der Waals surface area contributed by atoms with Gasteiger partial charge in [0.2, 0.25) is 0 Å². The highest BCUT2D eigenvalue weighted by atomic mass is 19.1. The summed E-state index contributed by atoms with van der Waals surface area (Å²) in [6.07, 6.45) is 0. The fourth-order valence-electron chi connectivity index (χ4n) is 1.64. The van der Waals surface area contributed by atoms with Gasteiger partial charge in [-0.25, -0.2) is 4.39 Å². The Balaban J connectivity index is 2.79. The van der Waals surface area contributed by atoms with Gasteiger partial charge >= 0.3 is 0 Å². The number of amidine groups is 1. The predicted octanol–water partition coefficient (Wildman–Crippen LogP) is -0.104. The van der Waals surface area contributed by atoms with Crippen LogP contribution in [0.25, 0.3) is 0 Å². The Kier molecular flexibility index (Phi) is 5.70. The highest BCUT2D eigenvalue weighted by Crippen LogP contribution is 2.12. The minimum atomic E-state index is -0.441. The molecule has 0 aliphatic carbocycles. The molecule has 5 nitrogen and oxygen atoms in total. The quantitative estimate of drug-likeness (QED) is 0.404. The molecular weight excluding hydrogens is 237 g/mol. The van der Waals surface area contributed by atoms with Crippen molar-refractivity contribution in [2.75, 3.05) is 26.3 Å². The van der Waals surface area contributed by atoms with E-state index < -0.39 is 5.82 Å². The van der Waals surface area contributed by atoms with Crippen LogP contribution in [0.5, 0.6) is 0 Å². The third kappa shape index (κ3) is 4.06. The summed E-state index contributed by atoms with van der Waals surface area (Å²) < 4.78 is 13.7. The molecule has 100 valence electrons. The second kappa shape index (κ2) is 7.05. The van der Waals surface area contributed by atoms with Crippen molar-refractivity contribution in [3.8, 4) is 0 Å². The van der Waals surface area contributed by atoms with Gasteiger partial charge in [0, 0.05) is 30.8 Å². The van der Waals surface area contributed by atoms with Gasteiger partial charge in [0.05, 0.1) is 13.2 Å². The molecule has 0 spiro atoms. The summed E-state index contributed by atoms with van der Waals surface area (Å²) in [5.74, 6) is -0.619. The summed E-state index contributed by atoms with van der Waals surface area (Å²) in [5, 5.41) is 24.9. The van der Waals surface area contributed by atoms with Gasteiger partial charge in [0.25, 0.3) is 0 Å². The second-order valence-electron chi connectivity index (χ2n) is 3.94. The Bertz CT molecular complexity index is 406. The lowest BCUT2D eigenvalue weighted by molar-refractivity contribution is 0.154. The predicted molar refractivity (Wildman–Crippen MR) is 66.9 cm³/mol. The van der Waals surface area contributed by atoms with Crippen molar-refractivity contribution in [2.45, 2.75) is 6.54 Å². The standard InChI is InChI=1S/C12H18FN3O2/c13-11-7-9(12(14)15)1-2-10(11)8-16(3-5-17)4-6-18/h1-2,7,17-18H,3-6,8H2,(H3,14,15). The lowest BCUT2D eigenvalue weighted by Crippen LogP contribution is -2.29. The summed E-state index contributed by atoms with van der Waals surface area (Å²) in [5.41, 5.74) is 6.06. The molecule has 0 bridgehead atoms. The molecule has 0 unspecified atom stereocenters. The van der Waals surface area contributed by atoms with Crippen LogP contribution in [0, 0.1) is 11.2 Å². The molecule has 0 atom stereocenters. The van der Waals surface area contributed by atoms with Gasteiger partial charge in [-0.05, 0) is 6.07 Å². The Labute approximate surface area is 105 Å². The SMILES string of the molecule is N=C(N)c1ccc(CN(CCO)CCO)c(F)c1. The summed E-state index contributed by atoms with van der Waals surface area (Å²) in [6, 6.07) is 4.36. The number of benzene rings is 1. The Hall–Kier alpha value is -1.50. The van der Waals surface area contributed by atoms with Crippen LogP contribution in [0.2, 0.25) is 0 Å². The summed E-state index contributed by atoms with van der Waals surface area (Å²) in [4.78, 5) is 1.74. The van der Waals surface area contributed by atoms with Gasteiger partial charge in [-0.2, -0.15) is 0 Å². The van der Waals surface area contributed by atoms with Crippen LogP contribution in [-0.4, -0.2) is 47.3 Å². The van der Waals surface area contributed by atoms with Gasteiger partial charge in [0.15, 0.2) is 0 Å². The number of rotatable bonds is 7. The van der Waals surface area contributed by atoms with Gasteiger partial charge in [-0.15, -0.1) is 0 Å². The van der Waals surface area contributed by atoms with Crippen molar-refractivity contribution in [1.82, 2.24) is 4.90 Å². The summed E-state index contributed by atoms with van der Waals surface area (Å²) >= 11 is 0. The van der Waals surface area contributed by atoms with Gasteiger partial charge < -0.3 is 15.9 Å². The molecule has 0 saturated heterocycles. The van der Waals surface area contributed by atoms with Crippen LogP contribution < -0.4 is 5.73 Å². The van der Waals surface area contributed by atoms with Crippen LogP contribution in [0.1, 0.15) is 11.1 Å². The maximum Gasteiger partial charge on any atom is 0.128 e. The molecule has 1 rings (SSSR count). The smallest absolute Gasteiger partial charge is 0.128 e. The Morgan fingerprint density at radius 2 is 1.89 bits per heavy atom. The molecule has 0 saturated carbocycles. The van der Waals surface area contributed by atoms with Gasteiger partial charge in [-0.1, -0.05) is 12.1 Å². The topological polar surface area (TPSA) is 93.6 Å². The lowest BCUT2D eigenvalue weighted by atomic mass is 10.1. The minimum Gasteiger partial charge on any atom is -0.395 e. The first-order valence-corrected chi connectivity index (χ1v) is 5.65. The van der Waals surface area contributed by atoms with E-state index in [4.69, 9.17) is 21.4 Å². The zero-order chi connectivity index (χ0) is 13.5. The molecule has 18 heavy (non-hydrogen) atoms. The van der Waals surface area contributed by atoms with E-state index in [1.54, 1.807) is 17.0 Å². The molecule has 0 heterocycles. The monoisotopic (exact) mass is 255 g/mol. The van der Waals surface area contributed by atoms with Crippen molar-refractivity contribution >= 4 is 5.84 Å². The van der Waals surface area contributed by atoms with Crippen LogP contribution in [-0.2, 0) is 6.54 Å². The fourth-order valence-corrected chi connectivity index (χ4v) is 1.64. The molecule has 6 heteroatoms. The van der Waals surface area contributed by atoms with E-state index in [1.165, 1.54) is 6.07 Å². The van der Waals surface area contributed by atoms with Crippen molar-refractivity contribution in [1.29, 1.82) is 5.41 Å². The molecule has 5 N–H and O–H groups in total. The van der Waals surface area contributed by atoms with Crippen LogP contribution in [0.15, 0.2) is 18.2 Å². The number of aliphatic hydroxyl groups excluding tert-OH is 2. The van der Waals surface area contributed by atoms with Crippen LogP contribution in [0.3, 0.4) is 0 Å². The van der Waals surface area contributed by atoms with E-state index in [2.05, 4.69) is 0 Å². The van der Waals surface area contributed by atoms with E-state index in [0.717, 1.165) is 0 Å². The largest absolute Gasteiger partial charge is 0.395 e. The van der Waals surface area contributed by atoms with Crippen molar-refractivity contribution < 1.29 is 14.6 Å². The lowest BCUT2D eigenvalue weighted by Gasteiger charge is -2.20. The first-order chi connectivity index (χ1) is 8.58. The molecule has 0 fully saturated rings. The second-order valence-corrected chi connectivity index (χ2v) is 3.94. The first kappa shape index (κ1) is 14.6. The zero-order valence-electron chi connectivity index (χ0n) is 10.1. The number of hydrogen-bond donors (Lipinski definition) is 4. The molecule has 0 amide bonds. The molecule has 0 aromatic heterocycles. The average Bonchev–Trinajstić information content (AvgIpc) is 2.32. The average molecular weight is 255 g/mol. The number of aliphatic hydroxyl groups is 2. The number of nitrogen functional groups attached to an aromatic ring is 1. The molecular formula is C12H18FN3O2. The highest BCUT2D eigenvalue weighted by Gasteiger charge is 2.10. The van der Waals surface area contributed by atoms with Crippen LogP contribution >= 0.6 is 0 Å². The normalized spacial score (nSPS) is 10.9. The number of nitrogens with two attached hydrogens (primary N) is 1. The molecule has 1 aromatic rings. The number of nitrogens with one attached hydrogen (secondary N) is 1. The van der Waals surface area contributed by atoms with Crippen LogP contribution in [0.4, 0.5) is 4.39 Å². The first-order valence-electron chi connectivity index (χ1n) is 5.65. The minimum absolute atomic E-state index is 0.0485. The number of halogens is 1. The van der Waals surface area contributed by atoms with E-state index in [9.17, 15) is 4.39 Å². The Morgan fingerprint density at radius 3 is 2.33 bits per heavy atom. The molecule has 1 aromatic carbocycles. The maximum atomic E-state index is 13.7. The third-order valence-corrected chi connectivity index (χ3v) is 2.59. The number of nitrogens with zero attached hydrogens (tertiary/aromatic N) is 1. The van der Waals surface area contributed by atoms with Gasteiger partial charge in [0.1, 0.15) is 11.7 Å². The molecule has 0 radical (unpaired) electrons. The fraction of sp³-hybridized carbons (Fsp3) is 0.417. The zero-order valence-corrected chi connectivity index (χ0v) is 10.1. The summed E-state index contributed by atoms with van der Waals surface area (Å²) in [6.45, 7) is 0.939. The van der Waals surface area contributed by atoms with E-state index in [0.29, 0.717) is 30.8 Å². The molecule has 0 aliphatic heterocycles. The van der Waals surface area contributed by atoms with Crippen molar-refractivity contribution in [3.05, 3.63) is 35.1 Å². The highest BCUT2D eigenvalue weighted by molar-refractivity contribution is 5.94. The Morgan fingerprint density at radius 1 is 1.28 bits per heavy atom. The van der Waals surface area contributed by atoms with Crippen molar-refractivity contribution in [3.63, 3.8) is 0 Å². The van der Waals surface area contributed by atoms with Crippen molar-refractivity contribution in [2.24, 2.45) is 5.73 Å². The maximum absolute atomic E-state index is 13.7. The summed E-state index contributed by atoms with van der Waals surface area (Å²) in [7, 11) is 0.